The maximum Gasteiger partial charge on any atom is 0.633 e. The van der Waals surface area contributed by atoms with Gasteiger partial charge in [0.05, 0.1) is 0 Å². The Morgan fingerprint density at radius 3 is 1.45 bits per heavy atom. The van der Waals surface area contributed by atoms with Crippen LogP contribution in [0, 0.1) is 20.8 Å². The molecule has 3 nitrogen and oxygen atoms in total. The molecule has 0 saturated carbocycles. The highest BCUT2D eigenvalue weighted by molar-refractivity contribution is 6.32. The lowest BCUT2D eigenvalue weighted by atomic mass is 9.63. The molecule has 0 amide bonds. The van der Waals surface area contributed by atoms with Crippen LogP contribution in [-0.4, -0.2) is 24.0 Å². The maximum absolute atomic E-state index is 8.91. The van der Waals surface area contributed by atoms with Gasteiger partial charge in [0.25, 0.3) is 0 Å². The number of hydrogen-bond donors (Lipinski definition) is 2. The number of rotatable bonds is 10. The van der Waals surface area contributed by atoms with Crippen LogP contribution in [0.4, 0.5) is 0 Å². The van der Waals surface area contributed by atoms with Gasteiger partial charge in [0.1, 0.15) is 0 Å². The van der Waals surface area contributed by atoms with Crippen molar-refractivity contribution in [3.05, 3.63) is 106 Å². The summed E-state index contributed by atoms with van der Waals surface area (Å²) >= 11 is 0. The normalized spacial score (nSPS) is 11.5. The molecule has 0 atom stereocenters. The van der Waals surface area contributed by atoms with E-state index in [-0.39, 0.29) is 5.41 Å². The number of aryl methyl sites for hydroxylation is 3. The summed E-state index contributed by atoms with van der Waals surface area (Å²) in [5.41, 5.74) is 7.67. The van der Waals surface area contributed by atoms with Gasteiger partial charge >= 0.3 is 7.32 Å². The van der Waals surface area contributed by atoms with E-state index in [2.05, 4.69) is 93.6 Å². The molecule has 2 N–H and O–H groups in total. The molecule has 0 bridgehead atoms. The zero-order valence-electron chi connectivity index (χ0n) is 18.8. The van der Waals surface area contributed by atoms with Gasteiger partial charge in [-0.3, -0.25) is 0 Å². The Bertz CT molecular complexity index is 873. The van der Waals surface area contributed by atoms with Crippen molar-refractivity contribution < 1.29 is 14.7 Å². The highest BCUT2D eigenvalue weighted by Gasteiger charge is 2.38. The zero-order valence-corrected chi connectivity index (χ0v) is 18.8. The van der Waals surface area contributed by atoms with Gasteiger partial charge in [-0.15, -0.1) is 0 Å². The number of hydrogen-bond acceptors (Lipinski definition) is 3. The monoisotopic (exact) mass is 416 g/mol. The first kappa shape index (κ1) is 23.3. The molecule has 0 aliphatic heterocycles. The van der Waals surface area contributed by atoms with Crippen molar-refractivity contribution in [1.82, 2.24) is 0 Å². The first-order valence-electron chi connectivity index (χ1n) is 11.1. The van der Waals surface area contributed by atoms with Gasteiger partial charge < -0.3 is 14.7 Å². The highest BCUT2D eigenvalue weighted by atomic mass is 16.6. The van der Waals surface area contributed by atoms with E-state index in [1.54, 1.807) is 0 Å². The molecule has 0 saturated heterocycles. The SMILES string of the molecule is Cc1ccccc1C(CCCCCOB(O)O)(c1ccccc1C)c1ccccc1C. The average molecular weight is 416 g/mol. The summed E-state index contributed by atoms with van der Waals surface area (Å²) in [6, 6.07) is 26.2. The van der Waals surface area contributed by atoms with Gasteiger partial charge in [-0.1, -0.05) is 85.6 Å². The van der Waals surface area contributed by atoms with E-state index in [0.717, 1.165) is 25.7 Å². The fourth-order valence-electron chi connectivity index (χ4n) is 4.85. The van der Waals surface area contributed by atoms with Crippen molar-refractivity contribution in [3.63, 3.8) is 0 Å². The summed E-state index contributed by atoms with van der Waals surface area (Å²) in [5.74, 6) is 0. The van der Waals surface area contributed by atoms with Crippen molar-refractivity contribution >= 4 is 7.32 Å². The molecule has 0 aliphatic carbocycles. The summed E-state index contributed by atoms with van der Waals surface area (Å²) in [6.07, 6.45) is 3.72. The Morgan fingerprint density at radius 1 is 0.645 bits per heavy atom. The Hall–Kier alpha value is -2.40. The molecule has 0 heterocycles. The molecule has 3 rings (SSSR count). The van der Waals surface area contributed by atoms with Crippen molar-refractivity contribution in [1.29, 1.82) is 0 Å². The average Bonchev–Trinajstić information content (AvgIpc) is 2.75. The molecule has 4 heteroatoms. The lowest BCUT2D eigenvalue weighted by Gasteiger charge is -2.39. The molecule has 162 valence electrons. The third-order valence-electron chi connectivity index (χ3n) is 6.28. The molecule has 31 heavy (non-hydrogen) atoms. The molecule has 0 spiro atoms. The summed E-state index contributed by atoms with van der Waals surface area (Å²) in [6.45, 7) is 6.97. The van der Waals surface area contributed by atoms with Crippen LogP contribution >= 0.6 is 0 Å². The van der Waals surface area contributed by atoms with Crippen LogP contribution in [0.15, 0.2) is 72.8 Å². The van der Waals surface area contributed by atoms with Crippen LogP contribution in [-0.2, 0) is 10.1 Å². The molecular formula is C27H33BO3. The zero-order chi connectivity index (χ0) is 22.3. The second-order valence-corrected chi connectivity index (χ2v) is 8.36. The van der Waals surface area contributed by atoms with Gasteiger partial charge in [0, 0.05) is 12.0 Å². The minimum absolute atomic E-state index is 0.251. The third-order valence-corrected chi connectivity index (χ3v) is 6.28. The third kappa shape index (κ3) is 5.27. The fraction of sp³-hybridized carbons (Fsp3) is 0.333. The first-order valence-corrected chi connectivity index (χ1v) is 11.1. The predicted octanol–water partition coefficient (Wildman–Crippen LogP) is 5.49. The lowest BCUT2D eigenvalue weighted by molar-refractivity contribution is 0.181. The molecule has 0 aliphatic rings. The molecule has 0 fully saturated rings. The molecule has 3 aromatic rings. The summed E-state index contributed by atoms with van der Waals surface area (Å²) in [4.78, 5) is 0. The molecule has 0 aromatic heterocycles. The van der Waals surface area contributed by atoms with E-state index in [1.165, 1.54) is 33.4 Å². The van der Waals surface area contributed by atoms with Crippen LogP contribution in [0.5, 0.6) is 0 Å². The fourth-order valence-corrected chi connectivity index (χ4v) is 4.85. The Morgan fingerprint density at radius 2 is 1.06 bits per heavy atom. The second kappa shape index (κ2) is 10.8. The maximum atomic E-state index is 8.91. The first-order chi connectivity index (χ1) is 15.0. The molecular weight excluding hydrogens is 383 g/mol. The van der Waals surface area contributed by atoms with Crippen molar-refractivity contribution in [3.8, 4) is 0 Å². The number of benzene rings is 3. The smallest absolute Gasteiger partial charge is 0.402 e. The van der Waals surface area contributed by atoms with E-state index in [1.807, 2.05) is 0 Å². The Balaban J connectivity index is 2.10. The van der Waals surface area contributed by atoms with E-state index >= 15 is 0 Å². The molecule has 3 aromatic carbocycles. The predicted molar refractivity (Wildman–Crippen MR) is 128 cm³/mol. The number of unbranched alkanes of at least 4 members (excludes halogenated alkanes) is 2. The summed E-state index contributed by atoms with van der Waals surface area (Å²) < 4.78 is 4.90. The van der Waals surface area contributed by atoms with Gasteiger partial charge in [-0.05, 0) is 67.0 Å². The van der Waals surface area contributed by atoms with Crippen molar-refractivity contribution in [2.45, 2.75) is 51.9 Å². The van der Waals surface area contributed by atoms with Gasteiger partial charge in [0.2, 0.25) is 0 Å². The van der Waals surface area contributed by atoms with E-state index in [0.29, 0.717) is 6.61 Å². The summed E-state index contributed by atoms with van der Waals surface area (Å²) in [5, 5.41) is 17.8. The van der Waals surface area contributed by atoms with E-state index in [4.69, 9.17) is 14.7 Å². The minimum Gasteiger partial charge on any atom is -0.402 e. The van der Waals surface area contributed by atoms with E-state index < -0.39 is 7.32 Å². The Kier molecular flexibility index (Phi) is 8.08. The largest absolute Gasteiger partial charge is 0.633 e. The molecule has 0 unspecified atom stereocenters. The highest BCUT2D eigenvalue weighted by Crippen LogP contribution is 2.46. The topological polar surface area (TPSA) is 49.7 Å². The van der Waals surface area contributed by atoms with Gasteiger partial charge in [-0.25, -0.2) is 0 Å². The Labute approximate surface area is 186 Å². The van der Waals surface area contributed by atoms with Crippen LogP contribution in [0.25, 0.3) is 0 Å². The van der Waals surface area contributed by atoms with Crippen LogP contribution in [0.1, 0.15) is 59.1 Å². The van der Waals surface area contributed by atoms with E-state index in [9.17, 15) is 0 Å². The quantitative estimate of drug-likeness (QED) is 0.261. The van der Waals surface area contributed by atoms with Gasteiger partial charge in [0.15, 0.2) is 0 Å². The van der Waals surface area contributed by atoms with Crippen LogP contribution in [0.2, 0.25) is 0 Å². The van der Waals surface area contributed by atoms with Gasteiger partial charge in [-0.2, -0.15) is 0 Å². The molecule has 0 radical (unpaired) electrons. The van der Waals surface area contributed by atoms with Crippen molar-refractivity contribution in [2.24, 2.45) is 0 Å². The van der Waals surface area contributed by atoms with Crippen LogP contribution < -0.4 is 0 Å². The minimum atomic E-state index is -1.69. The van der Waals surface area contributed by atoms with Crippen LogP contribution in [0.3, 0.4) is 0 Å². The standard InChI is InChI=1S/C27H33BO3/c1-21-13-5-8-16-24(21)27(25-17-9-6-14-22(25)2,26-18-10-7-15-23(26)3)19-11-4-12-20-31-28(29)30/h5-10,13-18,29-30H,4,11-12,19-20H2,1-3H3. The summed E-state index contributed by atoms with van der Waals surface area (Å²) in [7, 11) is -1.69. The lowest BCUT2D eigenvalue weighted by Crippen LogP contribution is -2.32. The van der Waals surface area contributed by atoms with Crippen molar-refractivity contribution in [2.75, 3.05) is 6.61 Å². The second-order valence-electron chi connectivity index (χ2n) is 8.36.